The van der Waals surface area contributed by atoms with Crippen molar-refractivity contribution in [2.45, 2.75) is 70.6 Å². The fraction of sp³-hybridized carbons (Fsp3) is 0.400. The van der Waals surface area contributed by atoms with Gasteiger partial charge in [0.25, 0.3) is 0 Å². The minimum absolute atomic E-state index is 0.0361. The average molecular weight is 616 g/mol. The van der Waals surface area contributed by atoms with Crippen LogP contribution in [0.3, 0.4) is 0 Å². The zero-order valence-corrected chi connectivity index (χ0v) is 26.7. The smallest absolute Gasteiger partial charge is 0.309 e. The monoisotopic (exact) mass is 615 g/mol. The number of ether oxygens (including phenoxy) is 2. The second-order valence-electron chi connectivity index (χ2n) is 12.7. The number of hydrogen-bond donors (Lipinski definition) is 0. The van der Waals surface area contributed by atoms with Crippen molar-refractivity contribution in [3.63, 3.8) is 0 Å². The highest BCUT2D eigenvalue weighted by atomic mass is 16.5. The number of benzene rings is 1. The minimum Gasteiger partial charge on any atom is -0.494 e. The molecule has 2 aliphatic rings. The summed E-state index contributed by atoms with van der Waals surface area (Å²) < 4.78 is 11.6. The molecule has 0 radical (unpaired) electrons. The van der Waals surface area contributed by atoms with Crippen molar-refractivity contribution < 1.29 is 14.3 Å². The molecule has 3 aromatic heterocycles. The van der Waals surface area contributed by atoms with Crippen molar-refractivity contribution in [2.24, 2.45) is 17.8 Å². The number of pyridine rings is 3. The van der Waals surface area contributed by atoms with Crippen molar-refractivity contribution in [2.75, 3.05) is 13.2 Å². The molecule has 0 aliphatic heterocycles. The first-order chi connectivity index (χ1) is 22.7. The molecule has 46 heavy (non-hydrogen) atoms. The van der Waals surface area contributed by atoms with Gasteiger partial charge in [0.15, 0.2) is 0 Å². The maximum Gasteiger partial charge on any atom is 0.309 e. The molecule has 6 nitrogen and oxygen atoms in total. The highest BCUT2D eigenvalue weighted by Crippen LogP contribution is 2.43. The summed E-state index contributed by atoms with van der Waals surface area (Å²) in [6.45, 7) is 1.32. The van der Waals surface area contributed by atoms with Crippen LogP contribution in [-0.4, -0.2) is 34.1 Å². The third-order valence-corrected chi connectivity index (χ3v) is 9.25. The molecule has 1 fully saturated rings. The van der Waals surface area contributed by atoms with Crippen LogP contribution in [0.1, 0.15) is 70.6 Å². The quantitative estimate of drug-likeness (QED) is 0.0669. The predicted molar refractivity (Wildman–Crippen MR) is 183 cm³/mol. The SMILES string of the molecule is O=C(OCCCCCCCCCCCOc1ccc(-c2cc(-c3ccccn3)nc(-c3ccccn3)c2)cc1)C1CC2C=CC1C2. The Balaban J connectivity index is 0.856. The second-order valence-corrected chi connectivity index (χ2v) is 12.7. The van der Waals surface area contributed by atoms with Crippen LogP contribution in [0.15, 0.2) is 97.3 Å². The predicted octanol–water partition coefficient (Wildman–Crippen LogP) is 9.52. The van der Waals surface area contributed by atoms with E-state index in [2.05, 4.69) is 46.4 Å². The zero-order valence-electron chi connectivity index (χ0n) is 26.7. The molecule has 6 rings (SSSR count). The number of nitrogens with zero attached hydrogens (tertiary/aromatic N) is 3. The van der Waals surface area contributed by atoms with E-state index in [1.165, 1.54) is 38.5 Å². The number of carbonyl (C=O) groups is 1. The fourth-order valence-corrected chi connectivity index (χ4v) is 6.69. The molecule has 0 saturated heterocycles. The second kappa shape index (κ2) is 16.3. The van der Waals surface area contributed by atoms with Gasteiger partial charge in [0.2, 0.25) is 0 Å². The van der Waals surface area contributed by atoms with Crippen molar-refractivity contribution >= 4 is 5.97 Å². The van der Waals surface area contributed by atoms with Gasteiger partial charge in [-0.25, -0.2) is 4.98 Å². The number of carbonyl (C=O) groups excluding carboxylic acids is 1. The fourth-order valence-electron chi connectivity index (χ4n) is 6.69. The number of esters is 1. The topological polar surface area (TPSA) is 74.2 Å². The standard InChI is InChI=1S/C40H45N3O3/c44-40(35-27-30-16-17-32(35)26-30)46-25-13-7-5-3-1-2-4-6-12-24-45-34-20-18-31(19-21-34)33-28-38(36-14-8-10-22-41-36)43-39(29-33)37-15-9-11-23-42-37/h8-11,14-23,28-30,32,35H,1-7,12-13,24-27H2. The van der Waals surface area contributed by atoms with Gasteiger partial charge in [-0.2, -0.15) is 0 Å². The highest BCUT2D eigenvalue weighted by molar-refractivity contribution is 5.75. The van der Waals surface area contributed by atoms with E-state index in [0.29, 0.717) is 18.4 Å². The van der Waals surface area contributed by atoms with Crippen molar-refractivity contribution in [3.8, 4) is 39.7 Å². The first-order valence-electron chi connectivity index (χ1n) is 17.2. The van der Waals surface area contributed by atoms with E-state index in [4.69, 9.17) is 14.5 Å². The van der Waals surface area contributed by atoms with Crippen LogP contribution in [0.2, 0.25) is 0 Å². The van der Waals surface area contributed by atoms with Gasteiger partial charge in [-0.3, -0.25) is 14.8 Å². The highest BCUT2D eigenvalue weighted by Gasteiger charge is 2.40. The van der Waals surface area contributed by atoms with E-state index < -0.39 is 0 Å². The summed E-state index contributed by atoms with van der Waals surface area (Å²) in [4.78, 5) is 26.2. The number of hydrogen-bond acceptors (Lipinski definition) is 6. The molecule has 0 spiro atoms. The zero-order chi connectivity index (χ0) is 31.4. The third kappa shape index (κ3) is 8.68. The van der Waals surface area contributed by atoms with Crippen LogP contribution in [0.25, 0.3) is 33.9 Å². The van der Waals surface area contributed by atoms with Gasteiger partial charge in [-0.05, 0) is 97.2 Å². The Morgan fingerprint density at radius 2 is 1.24 bits per heavy atom. The van der Waals surface area contributed by atoms with Crippen LogP contribution >= 0.6 is 0 Å². The molecular formula is C40H45N3O3. The Morgan fingerprint density at radius 1 is 0.630 bits per heavy atom. The van der Waals surface area contributed by atoms with Gasteiger partial charge in [0.1, 0.15) is 5.75 Å². The van der Waals surface area contributed by atoms with Crippen LogP contribution in [0, 0.1) is 17.8 Å². The summed E-state index contributed by atoms with van der Waals surface area (Å²) in [5, 5.41) is 0. The molecule has 3 atom stereocenters. The lowest BCUT2D eigenvalue weighted by atomic mass is 9.94. The molecule has 0 N–H and O–H groups in total. The average Bonchev–Trinajstić information content (AvgIpc) is 3.76. The lowest BCUT2D eigenvalue weighted by molar-refractivity contribution is -0.149. The van der Waals surface area contributed by atoms with Gasteiger partial charge in [0, 0.05) is 12.4 Å². The van der Waals surface area contributed by atoms with Gasteiger partial charge in [0.05, 0.1) is 41.9 Å². The molecule has 238 valence electrons. The largest absolute Gasteiger partial charge is 0.494 e. The van der Waals surface area contributed by atoms with E-state index in [1.807, 2.05) is 48.5 Å². The Hall–Kier alpha value is -4.32. The third-order valence-electron chi connectivity index (χ3n) is 9.25. The van der Waals surface area contributed by atoms with Gasteiger partial charge in [-0.15, -0.1) is 0 Å². The first-order valence-corrected chi connectivity index (χ1v) is 17.2. The molecule has 2 bridgehead atoms. The van der Waals surface area contributed by atoms with E-state index in [-0.39, 0.29) is 11.9 Å². The summed E-state index contributed by atoms with van der Waals surface area (Å²) in [5.41, 5.74) is 5.47. The van der Waals surface area contributed by atoms with Gasteiger partial charge >= 0.3 is 5.97 Å². The van der Waals surface area contributed by atoms with E-state index in [9.17, 15) is 4.79 Å². The number of aromatic nitrogens is 3. The van der Waals surface area contributed by atoms with E-state index in [0.717, 1.165) is 78.4 Å². The first kappa shape index (κ1) is 31.7. The Labute approximate surface area is 273 Å². The molecule has 3 heterocycles. The van der Waals surface area contributed by atoms with Crippen LogP contribution in [0.4, 0.5) is 0 Å². The van der Waals surface area contributed by atoms with Crippen molar-refractivity contribution in [1.29, 1.82) is 0 Å². The van der Waals surface area contributed by atoms with E-state index in [1.54, 1.807) is 12.4 Å². The number of rotatable bonds is 17. The molecule has 3 unspecified atom stereocenters. The summed E-state index contributed by atoms with van der Waals surface area (Å²) >= 11 is 0. The number of allylic oxidation sites excluding steroid dienone is 2. The van der Waals surface area contributed by atoms with Crippen LogP contribution < -0.4 is 4.74 Å². The molecule has 1 aromatic carbocycles. The summed E-state index contributed by atoms with van der Waals surface area (Å²) in [7, 11) is 0. The molecular weight excluding hydrogens is 570 g/mol. The summed E-state index contributed by atoms with van der Waals surface area (Å²) in [6, 6.07) is 24.2. The Bertz CT molecular complexity index is 1500. The minimum atomic E-state index is 0.0361. The molecule has 1 saturated carbocycles. The number of fused-ring (bicyclic) bond motifs is 2. The van der Waals surface area contributed by atoms with Gasteiger partial charge in [-0.1, -0.05) is 81.4 Å². The Morgan fingerprint density at radius 3 is 1.78 bits per heavy atom. The summed E-state index contributed by atoms with van der Waals surface area (Å²) in [5.74, 6) is 2.11. The maximum absolute atomic E-state index is 12.3. The normalized spacial score (nSPS) is 18.1. The Kier molecular flexibility index (Phi) is 11.2. The van der Waals surface area contributed by atoms with Crippen molar-refractivity contribution in [1.82, 2.24) is 15.0 Å². The molecule has 2 aliphatic carbocycles. The van der Waals surface area contributed by atoms with Gasteiger partial charge < -0.3 is 9.47 Å². The molecule has 0 amide bonds. The molecule has 4 aromatic rings. The lowest BCUT2D eigenvalue weighted by Crippen LogP contribution is -2.21. The molecule has 6 heteroatoms. The van der Waals surface area contributed by atoms with Crippen LogP contribution in [-0.2, 0) is 9.53 Å². The summed E-state index contributed by atoms with van der Waals surface area (Å²) in [6.07, 6.45) is 20.9. The van der Waals surface area contributed by atoms with Crippen molar-refractivity contribution in [3.05, 3.63) is 97.3 Å². The maximum atomic E-state index is 12.3. The van der Waals surface area contributed by atoms with E-state index >= 15 is 0 Å². The number of unbranched alkanes of at least 4 members (excludes halogenated alkanes) is 8. The lowest BCUT2D eigenvalue weighted by Gasteiger charge is -2.16. The van der Waals surface area contributed by atoms with Crippen LogP contribution in [0.5, 0.6) is 5.75 Å².